The summed E-state index contributed by atoms with van der Waals surface area (Å²) in [6.45, 7) is 4.48. The monoisotopic (exact) mass is 331 g/mol. The largest absolute Gasteiger partial charge is 0.392 e. The van der Waals surface area contributed by atoms with Crippen molar-refractivity contribution in [3.63, 3.8) is 0 Å². The van der Waals surface area contributed by atoms with Gasteiger partial charge in [0, 0.05) is 19.6 Å². The van der Waals surface area contributed by atoms with E-state index >= 15 is 0 Å². The van der Waals surface area contributed by atoms with E-state index in [1.165, 1.54) is 44.3 Å². The second-order valence-electron chi connectivity index (χ2n) is 7.08. The molecule has 2 fully saturated rings. The normalized spacial score (nSPS) is 25.4. The lowest BCUT2D eigenvalue weighted by atomic mass is 10.1. The third kappa shape index (κ3) is 5.03. The van der Waals surface area contributed by atoms with Gasteiger partial charge in [0.1, 0.15) is 0 Å². The van der Waals surface area contributed by atoms with E-state index in [9.17, 15) is 9.90 Å². The van der Waals surface area contributed by atoms with Gasteiger partial charge in [0.15, 0.2) is 0 Å². The van der Waals surface area contributed by atoms with Crippen LogP contribution < -0.4 is 10.6 Å². The van der Waals surface area contributed by atoms with Gasteiger partial charge < -0.3 is 15.7 Å². The Morgan fingerprint density at radius 3 is 2.42 bits per heavy atom. The lowest BCUT2D eigenvalue weighted by Crippen LogP contribution is -2.40. The summed E-state index contributed by atoms with van der Waals surface area (Å²) in [5, 5.41) is 15.5. The number of carbonyl (C=O) groups excluding carboxylic acids is 1. The van der Waals surface area contributed by atoms with Crippen molar-refractivity contribution < 1.29 is 9.90 Å². The van der Waals surface area contributed by atoms with Gasteiger partial charge in [-0.25, -0.2) is 0 Å². The molecule has 2 saturated heterocycles. The molecule has 132 valence electrons. The average molecular weight is 331 g/mol. The molecule has 0 bridgehead atoms. The summed E-state index contributed by atoms with van der Waals surface area (Å²) in [5.74, 6) is -0.0276. The van der Waals surface area contributed by atoms with E-state index < -0.39 is 6.10 Å². The van der Waals surface area contributed by atoms with E-state index in [0.29, 0.717) is 19.5 Å². The topological polar surface area (TPSA) is 64.6 Å². The van der Waals surface area contributed by atoms with Crippen molar-refractivity contribution in [1.29, 1.82) is 0 Å². The molecule has 0 spiro atoms. The fourth-order valence-corrected chi connectivity index (χ4v) is 3.54. The average Bonchev–Trinajstić information content (AvgIpc) is 2.87. The number of aliphatic hydroxyl groups is 1. The Morgan fingerprint density at radius 2 is 1.79 bits per heavy atom. The zero-order valence-electron chi connectivity index (χ0n) is 14.3. The number of nitrogens with zero attached hydrogens (tertiary/aromatic N) is 1. The van der Waals surface area contributed by atoms with E-state index in [4.69, 9.17) is 0 Å². The highest BCUT2D eigenvalue weighted by Crippen LogP contribution is 2.14. The van der Waals surface area contributed by atoms with Crippen LogP contribution in [0.4, 0.5) is 0 Å². The summed E-state index contributed by atoms with van der Waals surface area (Å²) in [4.78, 5) is 14.6. The molecule has 1 amide bonds. The highest BCUT2D eigenvalue weighted by atomic mass is 16.3. The van der Waals surface area contributed by atoms with Crippen molar-refractivity contribution in [2.24, 2.45) is 0 Å². The maximum absolute atomic E-state index is 12.0. The Labute approximate surface area is 144 Å². The van der Waals surface area contributed by atoms with Gasteiger partial charge in [0.05, 0.1) is 12.1 Å². The van der Waals surface area contributed by atoms with Crippen molar-refractivity contribution in [3.8, 4) is 0 Å². The summed E-state index contributed by atoms with van der Waals surface area (Å²) in [5.41, 5.74) is 2.45. The summed E-state index contributed by atoms with van der Waals surface area (Å²) < 4.78 is 0. The molecule has 3 N–H and O–H groups in total. The minimum atomic E-state index is -0.404. The van der Waals surface area contributed by atoms with Crippen LogP contribution >= 0.6 is 0 Å². The fourth-order valence-electron chi connectivity index (χ4n) is 3.54. The molecule has 0 aromatic heterocycles. The van der Waals surface area contributed by atoms with Gasteiger partial charge >= 0.3 is 0 Å². The number of amides is 1. The molecule has 2 heterocycles. The number of benzene rings is 1. The van der Waals surface area contributed by atoms with Crippen LogP contribution in [0.1, 0.15) is 43.2 Å². The van der Waals surface area contributed by atoms with Crippen LogP contribution in [0.2, 0.25) is 0 Å². The minimum absolute atomic E-state index is 0.0276. The van der Waals surface area contributed by atoms with Gasteiger partial charge in [-0.3, -0.25) is 9.69 Å². The minimum Gasteiger partial charge on any atom is -0.392 e. The van der Waals surface area contributed by atoms with Crippen molar-refractivity contribution in [1.82, 2.24) is 15.5 Å². The van der Waals surface area contributed by atoms with Crippen molar-refractivity contribution in [2.75, 3.05) is 19.6 Å². The van der Waals surface area contributed by atoms with Gasteiger partial charge in [-0.15, -0.1) is 0 Å². The van der Waals surface area contributed by atoms with Crippen molar-refractivity contribution in [2.45, 2.75) is 57.3 Å². The maximum atomic E-state index is 12.0. The molecule has 5 heteroatoms. The molecule has 0 radical (unpaired) electrons. The van der Waals surface area contributed by atoms with Gasteiger partial charge in [-0.2, -0.15) is 0 Å². The Kier molecular flexibility index (Phi) is 6.24. The summed E-state index contributed by atoms with van der Waals surface area (Å²) in [6.07, 6.45) is 5.45. The van der Waals surface area contributed by atoms with Crippen LogP contribution in [0.25, 0.3) is 0 Å². The molecule has 24 heavy (non-hydrogen) atoms. The van der Waals surface area contributed by atoms with Crippen molar-refractivity contribution in [3.05, 3.63) is 35.4 Å². The van der Waals surface area contributed by atoms with Gasteiger partial charge in [0.2, 0.25) is 5.91 Å². The predicted molar refractivity (Wildman–Crippen MR) is 94.4 cm³/mol. The molecule has 2 atom stereocenters. The molecular formula is C19H29N3O2. The zero-order chi connectivity index (χ0) is 16.8. The first-order valence-corrected chi connectivity index (χ1v) is 9.20. The number of rotatable bonds is 5. The van der Waals surface area contributed by atoms with Crippen LogP contribution in [0.15, 0.2) is 24.3 Å². The van der Waals surface area contributed by atoms with Crippen molar-refractivity contribution >= 4 is 5.91 Å². The smallest absolute Gasteiger partial charge is 0.237 e. The molecule has 3 rings (SSSR count). The van der Waals surface area contributed by atoms with Crippen LogP contribution in [-0.2, 0) is 17.9 Å². The van der Waals surface area contributed by atoms with Crippen LogP contribution in [-0.4, -0.2) is 47.7 Å². The fraction of sp³-hybridized carbons (Fsp3) is 0.632. The standard InChI is InChI=1S/C19H29N3O2/c23-17-11-18(20-13-17)19(24)21-12-15-5-7-16(8-6-15)14-22-9-3-1-2-4-10-22/h5-8,17-18,20,23H,1-4,9-14H2,(H,21,24). The second kappa shape index (κ2) is 8.60. The lowest BCUT2D eigenvalue weighted by Gasteiger charge is -2.19. The molecule has 2 aliphatic heterocycles. The molecule has 2 aliphatic rings. The van der Waals surface area contributed by atoms with E-state index in [0.717, 1.165) is 12.1 Å². The number of hydrogen-bond acceptors (Lipinski definition) is 4. The first kappa shape index (κ1) is 17.4. The van der Waals surface area contributed by atoms with Crippen LogP contribution in [0.3, 0.4) is 0 Å². The van der Waals surface area contributed by atoms with E-state index in [-0.39, 0.29) is 11.9 Å². The Hall–Kier alpha value is -1.43. The lowest BCUT2D eigenvalue weighted by molar-refractivity contribution is -0.123. The number of aliphatic hydroxyl groups excluding tert-OH is 1. The highest BCUT2D eigenvalue weighted by Gasteiger charge is 2.27. The third-order valence-corrected chi connectivity index (χ3v) is 5.02. The SMILES string of the molecule is O=C(NCc1ccc(CN2CCCCCC2)cc1)C1CC(O)CN1. The molecule has 2 unspecified atom stereocenters. The molecule has 0 aliphatic carbocycles. The van der Waals surface area contributed by atoms with Crippen LogP contribution in [0, 0.1) is 0 Å². The van der Waals surface area contributed by atoms with Gasteiger partial charge in [-0.05, 0) is 43.5 Å². The van der Waals surface area contributed by atoms with E-state index in [1.54, 1.807) is 0 Å². The second-order valence-corrected chi connectivity index (χ2v) is 7.08. The number of hydrogen-bond donors (Lipinski definition) is 3. The first-order chi connectivity index (χ1) is 11.7. The third-order valence-electron chi connectivity index (χ3n) is 5.02. The molecule has 1 aromatic rings. The zero-order valence-corrected chi connectivity index (χ0v) is 14.3. The Balaban J connectivity index is 1.45. The Morgan fingerprint density at radius 1 is 1.12 bits per heavy atom. The first-order valence-electron chi connectivity index (χ1n) is 9.20. The highest BCUT2D eigenvalue weighted by molar-refractivity contribution is 5.82. The molecule has 0 saturated carbocycles. The predicted octanol–water partition coefficient (Wildman–Crippen LogP) is 1.40. The van der Waals surface area contributed by atoms with E-state index in [1.807, 2.05) is 0 Å². The summed E-state index contributed by atoms with van der Waals surface area (Å²) in [7, 11) is 0. The molecule has 1 aromatic carbocycles. The number of β-amino-alcohol motifs (C(OH)–C–C–N with tert-alkyl or cyclic N) is 1. The summed E-state index contributed by atoms with van der Waals surface area (Å²) >= 11 is 0. The van der Waals surface area contributed by atoms with E-state index in [2.05, 4.69) is 39.8 Å². The van der Waals surface area contributed by atoms with Crippen LogP contribution in [0.5, 0.6) is 0 Å². The molecule has 5 nitrogen and oxygen atoms in total. The number of carbonyl (C=O) groups is 1. The molecular weight excluding hydrogens is 302 g/mol. The van der Waals surface area contributed by atoms with Gasteiger partial charge in [0.25, 0.3) is 0 Å². The number of nitrogens with one attached hydrogen (secondary N) is 2. The number of likely N-dealkylation sites (tertiary alicyclic amines) is 1. The summed E-state index contributed by atoms with van der Waals surface area (Å²) in [6, 6.07) is 8.28. The quantitative estimate of drug-likeness (QED) is 0.763. The van der Waals surface area contributed by atoms with Gasteiger partial charge in [-0.1, -0.05) is 37.1 Å². The Bertz CT molecular complexity index is 524. The maximum Gasteiger partial charge on any atom is 0.237 e.